The standard InChI is InChI=1S/C23H19N5O/c29-23(26-17-6-2-1-3-7-17)27-20-9-4-10-21-19(20)11-13-28(21)15-16-14-25-22-18(16)8-5-12-24-22/h1-14H,15H2,(H,24,25)(H2,26,27,29). The van der Waals surface area contributed by atoms with Crippen molar-refractivity contribution in [2.75, 3.05) is 10.6 Å². The fourth-order valence-corrected chi connectivity index (χ4v) is 3.60. The Balaban J connectivity index is 1.41. The highest BCUT2D eigenvalue weighted by atomic mass is 16.2. The number of carbonyl (C=O) groups excluding carboxylic acids is 1. The number of benzene rings is 2. The molecule has 5 rings (SSSR count). The van der Waals surface area contributed by atoms with Gasteiger partial charge < -0.3 is 20.2 Å². The Bertz CT molecular complexity index is 1300. The van der Waals surface area contributed by atoms with E-state index < -0.39 is 0 Å². The summed E-state index contributed by atoms with van der Waals surface area (Å²) in [4.78, 5) is 20.0. The highest BCUT2D eigenvalue weighted by Crippen LogP contribution is 2.26. The number of nitrogens with one attached hydrogen (secondary N) is 3. The highest BCUT2D eigenvalue weighted by molar-refractivity contribution is 6.05. The molecule has 0 aliphatic carbocycles. The van der Waals surface area contributed by atoms with Crippen LogP contribution in [0.2, 0.25) is 0 Å². The van der Waals surface area contributed by atoms with E-state index >= 15 is 0 Å². The lowest BCUT2D eigenvalue weighted by atomic mass is 10.2. The molecular weight excluding hydrogens is 362 g/mol. The lowest BCUT2D eigenvalue weighted by Gasteiger charge is -2.10. The molecule has 6 nitrogen and oxygen atoms in total. The number of amides is 2. The van der Waals surface area contributed by atoms with Gasteiger partial charge in [0.05, 0.1) is 11.2 Å². The van der Waals surface area contributed by atoms with Crippen molar-refractivity contribution in [1.82, 2.24) is 14.5 Å². The molecule has 3 heterocycles. The molecule has 5 aromatic rings. The van der Waals surface area contributed by atoms with E-state index in [1.165, 1.54) is 5.56 Å². The lowest BCUT2D eigenvalue weighted by Crippen LogP contribution is -2.19. The zero-order chi connectivity index (χ0) is 19.6. The topological polar surface area (TPSA) is 74.7 Å². The van der Waals surface area contributed by atoms with Crippen LogP contribution in [0.25, 0.3) is 21.9 Å². The minimum Gasteiger partial charge on any atom is -0.346 e. The number of fused-ring (bicyclic) bond motifs is 2. The van der Waals surface area contributed by atoms with Crippen LogP contribution in [-0.2, 0) is 6.54 Å². The van der Waals surface area contributed by atoms with Crippen molar-refractivity contribution in [2.45, 2.75) is 6.54 Å². The normalized spacial score (nSPS) is 11.0. The molecule has 142 valence electrons. The molecular formula is C23H19N5O. The molecule has 0 aliphatic heterocycles. The molecule has 3 aromatic heterocycles. The minimum atomic E-state index is -0.265. The van der Waals surface area contributed by atoms with E-state index in [1.807, 2.05) is 67.0 Å². The summed E-state index contributed by atoms with van der Waals surface area (Å²) in [5, 5.41) is 7.92. The first-order valence-electron chi connectivity index (χ1n) is 9.40. The van der Waals surface area contributed by atoms with E-state index in [1.54, 1.807) is 6.20 Å². The maximum Gasteiger partial charge on any atom is 0.323 e. The zero-order valence-corrected chi connectivity index (χ0v) is 15.6. The molecule has 2 amide bonds. The van der Waals surface area contributed by atoms with Crippen LogP contribution in [0, 0.1) is 0 Å². The summed E-state index contributed by atoms with van der Waals surface area (Å²) in [6, 6.07) is 21.1. The fourth-order valence-electron chi connectivity index (χ4n) is 3.60. The van der Waals surface area contributed by atoms with Gasteiger partial charge in [0.1, 0.15) is 5.65 Å². The molecule has 3 N–H and O–H groups in total. The number of aromatic amines is 1. The summed E-state index contributed by atoms with van der Waals surface area (Å²) >= 11 is 0. The number of rotatable bonds is 4. The number of carbonyl (C=O) groups is 1. The quantitative estimate of drug-likeness (QED) is 0.400. The van der Waals surface area contributed by atoms with Gasteiger partial charge in [0.2, 0.25) is 0 Å². The molecule has 6 heteroatoms. The predicted molar refractivity (Wildman–Crippen MR) is 116 cm³/mol. The van der Waals surface area contributed by atoms with Crippen molar-refractivity contribution in [1.29, 1.82) is 0 Å². The fraction of sp³-hybridized carbons (Fsp3) is 0.0435. The Labute approximate surface area is 167 Å². The maximum atomic E-state index is 12.4. The smallest absolute Gasteiger partial charge is 0.323 e. The molecule has 0 saturated heterocycles. The molecule has 0 spiro atoms. The average molecular weight is 381 g/mol. The van der Waals surface area contributed by atoms with E-state index in [9.17, 15) is 4.79 Å². The number of urea groups is 1. The summed E-state index contributed by atoms with van der Waals surface area (Å²) in [5.74, 6) is 0. The molecule has 0 atom stereocenters. The minimum absolute atomic E-state index is 0.265. The highest BCUT2D eigenvalue weighted by Gasteiger charge is 2.11. The Hall–Kier alpha value is -4.06. The number of pyridine rings is 1. The van der Waals surface area contributed by atoms with Crippen LogP contribution in [0.15, 0.2) is 85.3 Å². The average Bonchev–Trinajstić information content (AvgIpc) is 3.34. The largest absolute Gasteiger partial charge is 0.346 e. The summed E-state index contributed by atoms with van der Waals surface area (Å²) in [5.41, 5.74) is 4.64. The van der Waals surface area contributed by atoms with Gasteiger partial charge >= 0.3 is 6.03 Å². The van der Waals surface area contributed by atoms with Crippen LogP contribution in [0.5, 0.6) is 0 Å². The molecule has 0 radical (unpaired) electrons. The third-order valence-corrected chi connectivity index (χ3v) is 4.97. The summed E-state index contributed by atoms with van der Waals surface area (Å²) in [6.45, 7) is 0.717. The van der Waals surface area contributed by atoms with E-state index in [-0.39, 0.29) is 6.03 Å². The Morgan fingerprint density at radius 2 is 1.83 bits per heavy atom. The van der Waals surface area contributed by atoms with Gasteiger partial charge in [-0.05, 0) is 48.0 Å². The number of hydrogen-bond donors (Lipinski definition) is 3. The summed E-state index contributed by atoms with van der Waals surface area (Å²) in [7, 11) is 0. The van der Waals surface area contributed by atoms with E-state index in [0.29, 0.717) is 0 Å². The monoisotopic (exact) mass is 381 g/mol. The second kappa shape index (κ2) is 7.16. The van der Waals surface area contributed by atoms with Gasteiger partial charge in [0, 0.05) is 41.6 Å². The Morgan fingerprint density at radius 1 is 0.931 bits per heavy atom. The Kier molecular flexibility index (Phi) is 4.22. The molecule has 0 saturated carbocycles. The van der Waals surface area contributed by atoms with Crippen molar-refractivity contribution in [3.8, 4) is 0 Å². The molecule has 2 aromatic carbocycles. The van der Waals surface area contributed by atoms with E-state index in [4.69, 9.17) is 0 Å². The van der Waals surface area contributed by atoms with Crippen molar-refractivity contribution in [3.63, 3.8) is 0 Å². The van der Waals surface area contributed by atoms with Crippen LogP contribution in [0.1, 0.15) is 5.56 Å². The number of nitrogens with zero attached hydrogens (tertiary/aromatic N) is 2. The first-order chi connectivity index (χ1) is 14.3. The van der Waals surface area contributed by atoms with Gasteiger partial charge in [-0.15, -0.1) is 0 Å². The van der Waals surface area contributed by atoms with Gasteiger partial charge in [-0.2, -0.15) is 0 Å². The van der Waals surface area contributed by atoms with Crippen molar-refractivity contribution in [3.05, 3.63) is 90.9 Å². The SMILES string of the molecule is O=C(Nc1ccccc1)Nc1cccc2c1ccn2Cc1c[nH]c2ncccc12. The molecule has 0 fully saturated rings. The Morgan fingerprint density at radius 3 is 2.72 bits per heavy atom. The lowest BCUT2D eigenvalue weighted by molar-refractivity contribution is 0.262. The van der Waals surface area contributed by atoms with Gasteiger partial charge in [-0.25, -0.2) is 9.78 Å². The van der Waals surface area contributed by atoms with E-state index in [0.717, 1.165) is 39.9 Å². The molecule has 0 aliphatic rings. The van der Waals surface area contributed by atoms with Crippen LogP contribution in [0.4, 0.5) is 16.2 Å². The van der Waals surface area contributed by atoms with Crippen LogP contribution in [-0.4, -0.2) is 20.6 Å². The van der Waals surface area contributed by atoms with E-state index in [2.05, 4.69) is 37.3 Å². The molecule has 29 heavy (non-hydrogen) atoms. The number of aromatic nitrogens is 3. The molecule has 0 bridgehead atoms. The molecule has 0 unspecified atom stereocenters. The van der Waals surface area contributed by atoms with Gasteiger partial charge in [-0.3, -0.25) is 0 Å². The number of para-hydroxylation sites is 1. The van der Waals surface area contributed by atoms with Crippen molar-refractivity contribution in [2.24, 2.45) is 0 Å². The third-order valence-electron chi connectivity index (χ3n) is 4.97. The first kappa shape index (κ1) is 17.1. The predicted octanol–water partition coefficient (Wildman–Crippen LogP) is 5.21. The van der Waals surface area contributed by atoms with Crippen LogP contribution < -0.4 is 10.6 Å². The second-order valence-electron chi connectivity index (χ2n) is 6.84. The number of H-pyrrole nitrogens is 1. The van der Waals surface area contributed by atoms with Gasteiger partial charge in [-0.1, -0.05) is 24.3 Å². The maximum absolute atomic E-state index is 12.4. The van der Waals surface area contributed by atoms with Gasteiger partial charge in [0.15, 0.2) is 0 Å². The van der Waals surface area contributed by atoms with Crippen molar-refractivity contribution >= 4 is 39.3 Å². The second-order valence-corrected chi connectivity index (χ2v) is 6.84. The number of hydrogen-bond acceptors (Lipinski definition) is 2. The van der Waals surface area contributed by atoms with Gasteiger partial charge in [0.25, 0.3) is 0 Å². The summed E-state index contributed by atoms with van der Waals surface area (Å²) in [6.07, 6.45) is 5.82. The number of anilines is 2. The first-order valence-corrected chi connectivity index (χ1v) is 9.40. The zero-order valence-electron chi connectivity index (χ0n) is 15.6. The summed E-state index contributed by atoms with van der Waals surface area (Å²) < 4.78 is 2.17. The van der Waals surface area contributed by atoms with Crippen molar-refractivity contribution < 1.29 is 4.79 Å². The third kappa shape index (κ3) is 3.32. The van der Waals surface area contributed by atoms with Crippen LogP contribution >= 0.6 is 0 Å². The van der Waals surface area contributed by atoms with Crippen LogP contribution in [0.3, 0.4) is 0 Å².